The van der Waals surface area contributed by atoms with E-state index in [1.807, 2.05) is 48.8 Å². The molecule has 7 heteroatoms. The molecule has 0 saturated carbocycles. The van der Waals surface area contributed by atoms with E-state index >= 15 is 0 Å². The number of allylic oxidation sites excluding steroid dienone is 1. The zero-order valence-electron chi connectivity index (χ0n) is 16.9. The molecule has 5 nitrogen and oxygen atoms in total. The maximum atomic E-state index is 12.5. The molecule has 30 heavy (non-hydrogen) atoms. The van der Waals surface area contributed by atoms with Crippen molar-refractivity contribution in [2.75, 3.05) is 11.1 Å². The van der Waals surface area contributed by atoms with Gasteiger partial charge in [0.15, 0.2) is 11.0 Å². The van der Waals surface area contributed by atoms with Crippen LogP contribution in [-0.2, 0) is 11.3 Å². The lowest BCUT2D eigenvalue weighted by atomic mass is 10.1. The van der Waals surface area contributed by atoms with E-state index in [0.29, 0.717) is 11.7 Å². The Morgan fingerprint density at radius 2 is 2.07 bits per heavy atom. The summed E-state index contributed by atoms with van der Waals surface area (Å²) in [5.74, 6) is 0.986. The van der Waals surface area contributed by atoms with Crippen molar-refractivity contribution >= 4 is 44.8 Å². The molecule has 0 unspecified atom stereocenters. The van der Waals surface area contributed by atoms with E-state index < -0.39 is 0 Å². The Bertz CT molecular complexity index is 1230. The highest BCUT2D eigenvalue weighted by atomic mass is 32.2. The van der Waals surface area contributed by atoms with Crippen LogP contribution >= 0.6 is 23.1 Å². The number of rotatable bonds is 7. The number of carbonyl (C=O) groups is 1. The molecular weight excluding hydrogens is 412 g/mol. The molecule has 0 fully saturated rings. The number of anilines is 1. The molecule has 2 heterocycles. The van der Waals surface area contributed by atoms with Gasteiger partial charge in [-0.2, -0.15) is 0 Å². The van der Waals surface area contributed by atoms with Crippen LogP contribution in [0.1, 0.15) is 11.1 Å². The van der Waals surface area contributed by atoms with Crippen LogP contribution in [0.15, 0.2) is 65.7 Å². The van der Waals surface area contributed by atoms with E-state index in [2.05, 4.69) is 45.7 Å². The maximum Gasteiger partial charge on any atom is 0.234 e. The van der Waals surface area contributed by atoms with Gasteiger partial charge in [-0.05, 0) is 31.5 Å². The summed E-state index contributed by atoms with van der Waals surface area (Å²) in [6.07, 6.45) is 1.82. The van der Waals surface area contributed by atoms with Gasteiger partial charge in [0.25, 0.3) is 0 Å². The Labute approximate surface area is 183 Å². The van der Waals surface area contributed by atoms with Crippen LogP contribution in [0.2, 0.25) is 0 Å². The number of nitrogens with zero attached hydrogens (tertiary/aromatic N) is 3. The minimum atomic E-state index is -0.0670. The minimum Gasteiger partial charge on any atom is -0.325 e. The zero-order chi connectivity index (χ0) is 21.1. The molecular formula is C23H22N4OS2. The molecule has 0 bridgehead atoms. The molecule has 0 aliphatic carbocycles. The lowest BCUT2D eigenvalue weighted by Gasteiger charge is -2.10. The van der Waals surface area contributed by atoms with Gasteiger partial charge in [-0.15, -0.1) is 28.1 Å². The fourth-order valence-corrected chi connectivity index (χ4v) is 5.00. The van der Waals surface area contributed by atoms with E-state index in [-0.39, 0.29) is 11.7 Å². The third kappa shape index (κ3) is 4.17. The number of amides is 1. The smallest absolute Gasteiger partial charge is 0.234 e. The van der Waals surface area contributed by atoms with Gasteiger partial charge in [0, 0.05) is 33.3 Å². The molecule has 1 amide bonds. The van der Waals surface area contributed by atoms with Crippen LogP contribution in [0.4, 0.5) is 5.69 Å². The molecule has 0 saturated heterocycles. The van der Waals surface area contributed by atoms with E-state index in [9.17, 15) is 4.79 Å². The fourth-order valence-electron chi connectivity index (χ4n) is 3.31. The molecule has 1 N–H and O–H groups in total. The quantitative estimate of drug-likeness (QED) is 0.300. The minimum absolute atomic E-state index is 0.0670. The zero-order valence-corrected chi connectivity index (χ0v) is 18.5. The van der Waals surface area contributed by atoms with Crippen LogP contribution in [-0.4, -0.2) is 26.4 Å². The van der Waals surface area contributed by atoms with Crippen molar-refractivity contribution in [2.24, 2.45) is 0 Å². The number of nitrogens with one attached hydrogen (secondary N) is 1. The Kier molecular flexibility index (Phi) is 6.01. The second kappa shape index (κ2) is 8.85. The number of carbonyl (C=O) groups excluding carboxylic acids is 1. The van der Waals surface area contributed by atoms with E-state index in [4.69, 9.17) is 0 Å². The van der Waals surface area contributed by atoms with Crippen molar-refractivity contribution in [1.29, 1.82) is 0 Å². The highest BCUT2D eigenvalue weighted by Crippen LogP contribution is 2.34. The van der Waals surface area contributed by atoms with Gasteiger partial charge in [0.05, 0.1) is 5.75 Å². The summed E-state index contributed by atoms with van der Waals surface area (Å²) in [6, 6.07) is 14.2. The molecule has 4 rings (SSSR count). The summed E-state index contributed by atoms with van der Waals surface area (Å²) in [6.45, 7) is 8.47. The first-order valence-corrected chi connectivity index (χ1v) is 11.4. The largest absolute Gasteiger partial charge is 0.325 e. The third-order valence-electron chi connectivity index (χ3n) is 4.74. The number of aryl methyl sites for hydroxylation is 2. The average Bonchev–Trinajstić information content (AvgIpc) is 3.33. The summed E-state index contributed by atoms with van der Waals surface area (Å²) in [5.41, 5.74) is 4.11. The summed E-state index contributed by atoms with van der Waals surface area (Å²) in [4.78, 5) is 12.5. The van der Waals surface area contributed by atoms with Crippen molar-refractivity contribution in [3.63, 3.8) is 0 Å². The summed E-state index contributed by atoms with van der Waals surface area (Å²) < 4.78 is 3.22. The molecule has 2 aromatic carbocycles. The SMILES string of the molecule is C=CCn1c(SCC(=O)Nc2ccc(C)cc2C)nnc1-c1csc2ccccc12. The van der Waals surface area contributed by atoms with Crippen molar-refractivity contribution in [1.82, 2.24) is 14.8 Å². The molecule has 0 atom stereocenters. The van der Waals surface area contributed by atoms with Gasteiger partial charge in [-0.25, -0.2) is 0 Å². The first kappa shape index (κ1) is 20.4. The Morgan fingerprint density at radius 1 is 1.23 bits per heavy atom. The summed E-state index contributed by atoms with van der Waals surface area (Å²) in [7, 11) is 0. The molecule has 2 aromatic heterocycles. The molecule has 0 radical (unpaired) electrons. The number of thioether (sulfide) groups is 1. The number of benzene rings is 2. The van der Waals surface area contributed by atoms with Gasteiger partial charge in [-0.1, -0.05) is 53.7 Å². The standard InChI is InChI=1S/C23H22N4OS2/c1-4-11-27-22(18-13-29-20-8-6-5-7-17(18)20)25-26-23(27)30-14-21(28)24-19-10-9-15(2)12-16(19)3/h4-10,12-13H,1,11,14H2,2-3H3,(H,24,28). The Balaban J connectivity index is 1.53. The number of thiophene rings is 1. The maximum absolute atomic E-state index is 12.5. The predicted molar refractivity (Wildman–Crippen MR) is 126 cm³/mol. The summed E-state index contributed by atoms with van der Waals surface area (Å²) >= 11 is 3.07. The van der Waals surface area contributed by atoms with Crippen molar-refractivity contribution in [3.05, 3.63) is 71.6 Å². The molecule has 0 aliphatic rings. The first-order chi connectivity index (χ1) is 14.6. The van der Waals surface area contributed by atoms with Crippen molar-refractivity contribution in [3.8, 4) is 11.4 Å². The molecule has 0 aliphatic heterocycles. The Morgan fingerprint density at radius 3 is 2.87 bits per heavy atom. The highest BCUT2D eigenvalue weighted by molar-refractivity contribution is 7.99. The number of hydrogen-bond donors (Lipinski definition) is 1. The third-order valence-corrected chi connectivity index (χ3v) is 6.67. The average molecular weight is 435 g/mol. The normalized spacial score (nSPS) is 11.0. The second-order valence-electron chi connectivity index (χ2n) is 7.01. The van der Waals surface area contributed by atoms with Crippen molar-refractivity contribution in [2.45, 2.75) is 25.5 Å². The highest BCUT2D eigenvalue weighted by Gasteiger charge is 2.18. The van der Waals surface area contributed by atoms with Gasteiger partial charge < -0.3 is 5.32 Å². The van der Waals surface area contributed by atoms with Crippen LogP contribution in [0.3, 0.4) is 0 Å². The molecule has 4 aromatic rings. The first-order valence-electron chi connectivity index (χ1n) is 9.57. The van der Waals surface area contributed by atoms with Gasteiger partial charge >= 0.3 is 0 Å². The van der Waals surface area contributed by atoms with Crippen LogP contribution < -0.4 is 5.32 Å². The lowest BCUT2D eigenvalue weighted by Crippen LogP contribution is -2.15. The fraction of sp³-hybridized carbons (Fsp3) is 0.174. The van der Waals surface area contributed by atoms with Crippen LogP contribution in [0.25, 0.3) is 21.5 Å². The van der Waals surface area contributed by atoms with E-state index in [1.54, 1.807) is 11.3 Å². The second-order valence-corrected chi connectivity index (χ2v) is 8.86. The van der Waals surface area contributed by atoms with Crippen LogP contribution in [0, 0.1) is 13.8 Å². The Hall–Kier alpha value is -2.90. The lowest BCUT2D eigenvalue weighted by molar-refractivity contribution is -0.113. The van der Waals surface area contributed by atoms with Crippen LogP contribution in [0.5, 0.6) is 0 Å². The number of fused-ring (bicyclic) bond motifs is 1. The van der Waals surface area contributed by atoms with Crippen molar-refractivity contribution < 1.29 is 4.79 Å². The predicted octanol–water partition coefficient (Wildman–Crippen LogP) is 5.69. The number of hydrogen-bond acceptors (Lipinski definition) is 5. The molecule has 0 spiro atoms. The van der Waals surface area contributed by atoms with Gasteiger partial charge in [-0.3, -0.25) is 9.36 Å². The number of aromatic nitrogens is 3. The van der Waals surface area contributed by atoms with E-state index in [1.165, 1.54) is 22.0 Å². The topological polar surface area (TPSA) is 59.8 Å². The monoisotopic (exact) mass is 434 g/mol. The van der Waals surface area contributed by atoms with E-state index in [0.717, 1.165) is 28.0 Å². The van der Waals surface area contributed by atoms with Gasteiger partial charge in [0.1, 0.15) is 0 Å². The molecule has 152 valence electrons. The summed E-state index contributed by atoms with van der Waals surface area (Å²) in [5, 5.41) is 15.7. The van der Waals surface area contributed by atoms with Gasteiger partial charge in [0.2, 0.25) is 5.91 Å².